The second kappa shape index (κ2) is 13.4. The Labute approximate surface area is 213 Å². The predicted molar refractivity (Wildman–Crippen MR) is 118 cm³/mol. The van der Waals surface area contributed by atoms with Crippen LogP contribution in [0.2, 0.25) is 0 Å². The van der Waals surface area contributed by atoms with Gasteiger partial charge in [-0.15, -0.1) is 0 Å². The summed E-state index contributed by atoms with van der Waals surface area (Å²) in [5, 5.41) is 14.2. The fourth-order valence-corrected chi connectivity index (χ4v) is 3.80. The van der Waals surface area contributed by atoms with Gasteiger partial charge in [-0.2, -0.15) is 26.3 Å². The number of carboxylic acids is 2. The lowest BCUT2D eigenvalue weighted by Gasteiger charge is -2.38. The molecule has 0 bridgehead atoms. The molecular weight excluding hydrogens is 528 g/mol. The summed E-state index contributed by atoms with van der Waals surface area (Å²) in [6.07, 6.45) is -4.29. The highest BCUT2D eigenvalue weighted by atomic mass is 19.4. The number of pyridine rings is 2. The quantitative estimate of drug-likeness (QED) is 0.544. The van der Waals surface area contributed by atoms with Crippen molar-refractivity contribution in [2.24, 2.45) is 0 Å². The van der Waals surface area contributed by atoms with Gasteiger partial charge in [-0.25, -0.2) is 9.59 Å². The van der Waals surface area contributed by atoms with Crippen LogP contribution in [-0.2, 0) is 20.9 Å². The number of alkyl halides is 6. The molecule has 2 N–H and O–H groups in total. The third-order valence-corrected chi connectivity index (χ3v) is 5.37. The van der Waals surface area contributed by atoms with Crippen LogP contribution in [0, 0.1) is 6.92 Å². The molecule has 9 nitrogen and oxygen atoms in total. The molecule has 3 heterocycles. The summed E-state index contributed by atoms with van der Waals surface area (Å²) in [4.78, 5) is 29.1. The van der Waals surface area contributed by atoms with Gasteiger partial charge in [-0.05, 0) is 44.0 Å². The number of morpholine rings is 1. The van der Waals surface area contributed by atoms with Crippen molar-refractivity contribution in [3.05, 3.63) is 54.1 Å². The number of nitrogens with zero attached hydrogens (tertiary/aromatic N) is 3. The first-order chi connectivity index (χ1) is 17.7. The maximum atomic E-state index is 10.6. The number of carbonyl (C=O) groups is 2. The summed E-state index contributed by atoms with van der Waals surface area (Å²) < 4.78 is 75.7. The molecule has 4 rings (SSSR count). The summed E-state index contributed by atoms with van der Waals surface area (Å²) in [6, 6.07) is 10.5. The van der Waals surface area contributed by atoms with E-state index >= 15 is 0 Å². The van der Waals surface area contributed by atoms with E-state index in [1.54, 1.807) is 12.4 Å². The molecule has 0 unspecified atom stereocenters. The Morgan fingerprint density at radius 3 is 2.21 bits per heavy atom. The largest absolute Gasteiger partial charge is 0.490 e. The average molecular weight is 553 g/mol. The molecule has 1 aliphatic carbocycles. The predicted octanol–water partition coefficient (Wildman–Crippen LogP) is 3.86. The zero-order chi connectivity index (χ0) is 28.5. The summed E-state index contributed by atoms with van der Waals surface area (Å²) in [5.41, 5.74) is 2.20. The standard InChI is InChI=1S/C19H23N3O2.2C2HF3O2/c1-14-4-2-5-15(21-14)13-22-10-11-23-19-17(22)7-8-18(19)24-16-6-3-9-20-12-16;2*3-2(4,5)1(6)7/h2-6,9,12,17-19H,7-8,10-11,13H2,1H3;2*(H,6,7)/t17-,18+,19+;;/m0../s1. The van der Waals surface area contributed by atoms with Gasteiger partial charge in [0.15, 0.2) is 0 Å². The molecule has 2 aromatic heterocycles. The van der Waals surface area contributed by atoms with Gasteiger partial charge in [-0.1, -0.05) is 6.07 Å². The van der Waals surface area contributed by atoms with Crippen LogP contribution in [0.4, 0.5) is 26.3 Å². The molecular formula is C23H25F6N3O6. The minimum atomic E-state index is -5.08. The molecule has 210 valence electrons. The Bertz CT molecular complexity index is 1030. The lowest BCUT2D eigenvalue weighted by atomic mass is 10.1. The zero-order valence-corrected chi connectivity index (χ0v) is 19.9. The van der Waals surface area contributed by atoms with Gasteiger partial charge in [0, 0.05) is 31.0 Å². The zero-order valence-electron chi connectivity index (χ0n) is 19.9. The highest BCUT2D eigenvalue weighted by molar-refractivity contribution is 5.73. The Kier molecular flexibility index (Phi) is 10.8. The first-order valence-corrected chi connectivity index (χ1v) is 11.1. The van der Waals surface area contributed by atoms with Crippen molar-refractivity contribution in [3.8, 4) is 5.75 Å². The van der Waals surface area contributed by atoms with E-state index in [1.165, 1.54) is 0 Å². The normalized spacial score (nSPS) is 21.2. The van der Waals surface area contributed by atoms with Crippen LogP contribution in [0.1, 0.15) is 24.2 Å². The molecule has 2 aliphatic rings. The van der Waals surface area contributed by atoms with E-state index in [0.717, 1.165) is 49.7 Å². The minimum absolute atomic E-state index is 0.104. The first kappa shape index (κ1) is 30.8. The number of hydrogen-bond acceptors (Lipinski definition) is 7. The molecule has 2 fully saturated rings. The Morgan fingerprint density at radius 2 is 1.68 bits per heavy atom. The summed E-state index contributed by atoms with van der Waals surface area (Å²) in [7, 11) is 0. The van der Waals surface area contributed by atoms with Crippen LogP contribution in [0.3, 0.4) is 0 Å². The van der Waals surface area contributed by atoms with E-state index in [4.69, 9.17) is 29.3 Å². The fourth-order valence-electron chi connectivity index (χ4n) is 3.80. The van der Waals surface area contributed by atoms with E-state index in [0.29, 0.717) is 6.04 Å². The number of carboxylic acid groups (broad SMARTS) is 2. The lowest BCUT2D eigenvalue weighted by Crippen LogP contribution is -2.51. The molecule has 1 aliphatic heterocycles. The lowest BCUT2D eigenvalue weighted by molar-refractivity contribution is -0.193. The third-order valence-electron chi connectivity index (χ3n) is 5.37. The molecule has 3 atom stereocenters. The van der Waals surface area contributed by atoms with Crippen molar-refractivity contribution >= 4 is 11.9 Å². The monoisotopic (exact) mass is 553 g/mol. The number of aromatic nitrogens is 2. The van der Waals surface area contributed by atoms with Crippen molar-refractivity contribution in [1.82, 2.24) is 14.9 Å². The summed E-state index contributed by atoms with van der Waals surface area (Å²) >= 11 is 0. The van der Waals surface area contributed by atoms with Gasteiger partial charge in [0.1, 0.15) is 18.0 Å². The summed E-state index contributed by atoms with van der Waals surface area (Å²) in [5.74, 6) is -4.69. The van der Waals surface area contributed by atoms with Crippen LogP contribution < -0.4 is 4.74 Å². The van der Waals surface area contributed by atoms with E-state index in [-0.39, 0.29) is 12.2 Å². The maximum Gasteiger partial charge on any atom is 0.490 e. The molecule has 0 aromatic carbocycles. The van der Waals surface area contributed by atoms with Crippen LogP contribution >= 0.6 is 0 Å². The van der Waals surface area contributed by atoms with Gasteiger partial charge in [0.2, 0.25) is 0 Å². The van der Waals surface area contributed by atoms with E-state index in [2.05, 4.69) is 27.0 Å². The second-order valence-electron chi connectivity index (χ2n) is 8.17. The Morgan fingerprint density at radius 1 is 1.05 bits per heavy atom. The van der Waals surface area contributed by atoms with Gasteiger partial charge < -0.3 is 19.7 Å². The van der Waals surface area contributed by atoms with E-state index in [9.17, 15) is 26.3 Å². The van der Waals surface area contributed by atoms with E-state index < -0.39 is 24.3 Å². The highest BCUT2D eigenvalue weighted by Crippen LogP contribution is 2.33. The van der Waals surface area contributed by atoms with Crippen LogP contribution in [0.15, 0.2) is 42.7 Å². The molecule has 38 heavy (non-hydrogen) atoms. The topological polar surface area (TPSA) is 122 Å². The molecule has 15 heteroatoms. The third kappa shape index (κ3) is 9.78. The van der Waals surface area contributed by atoms with Gasteiger partial charge in [0.05, 0.1) is 18.5 Å². The average Bonchev–Trinajstić information content (AvgIpc) is 3.23. The number of hydrogen-bond donors (Lipinski definition) is 2. The van der Waals surface area contributed by atoms with Crippen LogP contribution in [-0.4, -0.2) is 80.8 Å². The number of halogens is 6. The minimum Gasteiger partial charge on any atom is -0.486 e. The van der Waals surface area contributed by atoms with Crippen LogP contribution in [0.25, 0.3) is 0 Å². The smallest absolute Gasteiger partial charge is 0.486 e. The molecule has 0 radical (unpaired) electrons. The van der Waals surface area contributed by atoms with Gasteiger partial charge in [-0.3, -0.25) is 14.9 Å². The Balaban J connectivity index is 0.000000301. The van der Waals surface area contributed by atoms with Crippen molar-refractivity contribution < 1.29 is 55.6 Å². The van der Waals surface area contributed by atoms with Crippen molar-refractivity contribution in [1.29, 1.82) is 0 Å². The van der Waals surface area contributed by atoms with Crippen LogP contribution in [0.5, 0.6) is 5.75 Å². The number of rotatable bonds is 4. The number of aryl methyl sites for hydroxylation is 1. The molecule has 1 saturated carbocycles. The molecule has 0 spiro atoms. The number of aliphatic carboxylic acids is 2. The fraction of sp³-hybridized carbons (Fsp3) is 0.478. The van der Waals surface area contributed by atoms with Crippen molar-refractivity contribution in [2.45, 2.75) is 56.9 Å². The van der Waals surface area contributed by atoms with Crippen molar-refractivity contribution in [3.63, 3.8) is 0 Å². The van der Waals surface area contributed by atoms with Gasteiger partial charge >= 0.3 is 24.3 Å². The molecule has 0 amide bonds. The number of ether oxygens (including phenoxy) is 2. The second-order valence-corrected chi connectivity index (χ2v) is 8.17. The van der Waals surface area contributed by atoms with Gasteiger partial charge in [0.25, 0.3) is 0 Å². The number of fused-ring (bicyclic) bond motifs is 1. The SMILES string of the molecule is Cc1cccc(CN2CCO[C@H]3[C@H](Oc4cccnc4)CC[C@@H]32)n1.O=C(O)C(F)(F)F.O=C(O)C(F)(F)F. The maximum absolute atomic E-state index is 10.6. The van der Waals surface area contributed by atoms with Crippen molar-refractivity contribution in [2.75, 3.05) is 13.2 Å². The first-order valence-electron chi connectivity index (χ1n) is 11.1. The Hall–Kier alpha value is -3.46. The molecule has 2 aromatic rings. The molecule has 1 saturated heterocycles. The van der Waals surface area contributed by atoms with E-state index in [1.807, 2.05) is 25.1 Å². The summed E-state index contributed by atoms with van der Waals surface area (Å²) in [6.45, 7) is 4.63. The highest BCUT2D eigenvalue weighted by Gasteiger charge is 2.44.